The van der Waals surface area contributed by atoms with E-state index in [1.165, 1.54) is 135 Å². The zero-order valence-electron chi connectivity index (χ0n) is 42.1. The van der Waals surface area contributed by atoms with Gasteiger partial charge in [-0.1, -0.05) is 210 Å². The van der Waals surface area contributed by atoms with Crippen molar-refractivity contribution in [2.75, 3.05) is 47.5 Å². The third-order valence-corrected chi connectivity index (χ3v) is 11.3. The van der Waals surface area contributed by atoms with E-state index in [0.29, 0.717) is 17.4 Å². The van der Waals surface area contributed by atoms with Gasteiger partial charge in [0.25, 0.3) is 0 Å². The van der Waals surface area contributed by atoms with E-state index in [1.54, 1.807) is 0 Å². The molecule has 0 spiro atoms. The Kier molecular flexibility index (Phi) is 44.8. The summed E-state index contributed by atoms with van der Waals surface area (Å²) in [5, 5.41) is 11.7. The highest BCUT2D eigenvalue weighted by Crippen LogP contribution is 2.16. The first-order valence-electron chi connectivity index (χ1n) is 26.3. The number of unbranched alkanes of at least 4 members (excludes halogenated alkanes) is 25. The Morgan fingerprint density at radius 1 is 0.484 bits per heavy atom. The number of carbonyl (C=O) groups excluding carboxylic acids is 3. The second-order valence-electron chi connectivity index (χ2n) is 18.8. The van der Waals surface area contributed by atoms with E-state index in [9.17, 15) is 19.5 Å². The number of nitrogens with zero attached hydrogens (tertiary/aromatic N) is 1. The summed E-state index contributed by atoms with van der Waals surface area (Å²) in [6.07, 6.45) is 53.1. The molecule has 0 saturated carbocycles. The molecular weight excluding hydrogens is 803 g/mol. The number of quaternary nitrogens is 1. The lowest BCUT2D eigenvalue weighted by Crippen LogP contribution is -2.44. The molecule has 372 valence electrons. The standard InChI is InChI=1S/C55H99NO8/c1-6-8-10-12-14-16-18-20-22-23-24-25-26-27-28-29-30-32-33-35-37-39-41-43-45-52(57)62-49-51(50-63-55(54(59)60)61-48-47-56(3,4)5)64-53(58)46-44-42-40-38-36-34-31-21-19-17-15-13-11-9-7-2/h9,11,15,17,21,31,36,38,51,55H,6-8,10,12-14,16,18-20,22-30,32-35,37,39-50H2,1-5H3/b11-9-,17-15-,31-21-,38-36-. The Hall–Kier alpha value is -2.75. The molecule has 0 saturated heterocycles. The minimum absolute atomic E-state index is 0.139. The van der Waals surface area contributed by atoms with Gasteiger partial charge < -0.3 is 33.3 Å². The number of esters is 2. The monoisotopic (exact) mass is 902 g/mol. The molecule has 0 fully saturated rings. The third-order valence-electron chi connectivity index (χ3n) is 11.3. The van der Waals surface area contributed by atoms with Crippen LogP contribution in [0.3, 0.4) is 0 Å². The molecule has 2 atom stereocenters. The Morgan fingerprint density at radius 2 is 0.891 bits per heavy atom. The molecule has 0 aliphatic heterocycles. The lowest BCUT2D eigenvalue weighted by Gasteiger charge is -2.26. The molecular formula is C55H99NO8. The van der Waals surface area contributed by atoms with Crippen LogP contribution in [-0.4, -0.2) is 82.3 Å². The largest absolute Gasteiger partial charge is 0.545 e. The minimum atomic E-state index is -1.63. The van der Waals surface area contributed by atoms with Gasteiger partial charge in [0, 0.05) is 12.8 Å². The molecule has 0 heterocycles. The number of hydrogen-bond acceptors (Lipinski definition) is 8. The van der Waals surface area contributed by atoms with Crippen LogP contribution in [0.15, 0.2) is 48.6 Å². The van der Waals surface area contributed by atoms with Gasteiger partial charge >= 0.3 is 11.9 Å². The van der Waals surface area contributed by atoms with E-state index in [4.69, 9.17) is 18.9 Å². The maximum Gasteiger partial charge on any atom is 0.306 e. The van der Waals surface area contributed by atoms with E-state index in [2.05, 4.69) is 62.5 Å². The molecule has 0 aliphatic rings. The lowest BCUT2D eigenvalue weighted by atomic mass is 10.0. The first-order valence-corrected chi connectivity index (χ1v) is 26.3. The second-order valence-corrected chi connectivity index (χ2v) is 18.8. The fraction of sp³-hybridized carbons (Fsp3) is 0.800. The molecule has 0 aliphatic carbocycles. The van der Waals surface area contributed by atoms with Gasteiger partial charge in [0.05, 0.1) is 40.3 Å². The van der Waals surface area contributed by atoms with Crippen LogP contribution < -0.4 is 5.11 Å². The van der Waals surface area contributed by atoms with Crippen molar-refractivity contribution >= 4 is 17.9 Å². The highest BCUT2D eigenvalue weighted by molar-refractivity contribution is 5.70. The van der Waals surface area contributed by atoms with Gasteiger partial charge in [0.2, 0.25) is 0 Å². The maximum atomic E-state index is 12.8. The quantitative estimate of drug-likeness (QED) is 0.0195. The zero-order chi connectivity index (χ0) is 47.0. The fourth-order valence-electron chi connectivity index (χ4n) is 7.29. The Labute approximate surface area is 393 Å². The van der Waals surface area contributed by atoms with Gasteiger partial charge in [-0.15, -0.1) is 0 Å². The van der Waals surface area contributed by atoms with Gasteiger partial charge in [-0.05, 0) is 51.4 Å². The van der Waals surface area contributed by atoms with Crippen molar-refractivity contribution in [2.45, 2.75) is 238 Å². The van der Waals surface area contributed by atoms with Crippen LogP contribution in [0.5, 0.6) is 0 Å². The molecule has 0 aromatic rings. The molecule has 0 aromatic carbocycles. The smallest absolute Gasteiger partial charge is 0.306 e. The van der Waals surface area contributed by atoms with E-state index in [-0.39, 0.29) is 38.6 Å². The molecule has 64 heavy (non-hydrogen) atoms. The van der Waals surface area contributed by atoms with Gasteiger partial charge in [-0.3, -0.25) is 9.59 Å². The number of hydrogen-bond donors (Lipinski definition) is 0. The van der Waals surface area contributed by atoms with Crippen molar-refractivity contribution in [3.05, 3.63) is 48.6 Å². The zero-order valence-corrected chi connectivity index (χ0v) is 42.1. The van der Waals surface area contributed by atoms with Crippen molar-refractivity contribution in [3.63, 3.8) is 0 Å². The minimum Gasteiger partial charge on any atom is -0.545 e. The average Bonchev–Trinajstić information content (AvgIpc) is 3.26. The highest BCUT2D eigenvalue weighted by Gasteiger charge is 2.21. The van der Waals surface area contributed by atoms with Crippen LogP contribution in [0.2, 0.25) is 0 Å². The molecule has 0 aromatic heterocycles. The summed E-state index contributed by atoms with van der Waals surface area (Å²) in [4.78, 5) is 37.1. The summed E-state index contributed by atoms with van der Waals surface area (Å²) in [5.74, 6) is -2.33. The van der Waals surface area contributed by atoms with Crippen LogP contribution in [0.1, 0.15) is 226 Å². The van der Waals surface area contributed by atoms with E-state index in [0.717, 1.165) is 57.8 Å². The van der Waals surface area contributed by atoms with Crippen molar-refractivity contribution in [2.24, 2.45) is 0 Å². The summed E-state index contributed by atoms with van der Waals surface area (Å²) < 4.78 is 22.6. The van der Waals surface area contributed by atoms with Crippen molar-refractivity contribution in [1.82, 2.24) is 0 Å². The van der Waals surface area contributed by atoms with Crippen LogP contribution >= 0.6 is 0 Å². The van der Waals surface area contributed by atoms with Crippen LogP contribution in [0.25, 0.3) is 0 Å². The number of carbonyl (C=O) groups is 3. The highest BCUT2D eigenvalue weighted by atomic mass is 16.7. The molecule has 0 amide bonds. The number of allylic oxidation sites excluding steroid dienone is 8. The average molecular weight is 902 g/mol. The van der Waals surface area contributed by atoms with Gasteiger partial charge in [-0.25, -0.2) is 0 Å². The lowest BCUT2D eigenvalue weighted by molar-refractivity contribution is -0.870. The Morgan fingerprint density at radius 3 is 1.33 bits per heavy atom. The molecule has 0 radical (unpaired) electrons. The van der Waals surface area contributed by atoms with Gasteiger partial charge in [0.15, 0.2) is 12.4 Å². The van der Waals surface area contributed by atoms with E-state index in [1.807, 2.05) is 21.1 Å². The summed E-state index contributed by atoms with van der Waals surface area (Å²) in [6, 6.07) is 0. The van der Waals surface area contributed by atoms with Crippen LogP contribution in [-0.2, 0) is 33.3 Å². The molecule has 0 bridgehead atoms. The van der Waals surface area contributed by atoms with Crippen molar-refractivity contribution in [3.8, 4) is 0 Å². The predicted molar refractivity (Wildman–Crippen MR) is 265 cm³/mol. The normalized spacial score (nSPS) is 13.2. The summed E-state index contributed by atoms with van der Waals surface area (Å²) in [7, 11) is 5.90. The molecule has 9 heteroatoms. The number of ether oxygens (including phenoxy) is 4. The van der Waals surface area contributed by atoms with Gasteiger partial charge in [0.1, 0.15) is 13.2 Å². The van der Waals surface area contributed by atoms with Crippen LogP contribution in [0.4, 0.5) is 0 Å². The number of aliphatic carboxylic acids is 1. The summed E-state index contributed by atoms with van der Waals surface area (Å²) >= 11 is 0. The molecule has 9 nitrogen and oxygen atoms in total. The second kappa shape index (κ2) is 46.8. The predicted octanol–water partition coefficient (Wildman–Crippen LogP) is 13.4. The number of carboxylic acids is 1. The molecule has 0 rings (SSSR count). The van der Waals surface area contributed by atoms with Crippen LogP contribution in [0, 0.1) is 0 Å². The van der Waals surface area contributed by atoms with Gasteiger partial charge in [-0.2, -0.15) is 0 Å². The van der Waals surface area contributed by atoms with E-state index >= 15 is 0 Å². The van der Waals surface area contributed by atoms with E-state index < -0.39 is 24.3 Å². The third kappa shape index (κ3) is 47.2. The molecule has 2 unspecified atom stereocenters. The summed E-state index contributed by atoms with van der Waals surface area (Å²) in [5.41, 5.74) is 0. The number of likely N-dealkylation sites (N-methyl/N-ethyl adjacent to an activating group) is 1. The number of rotatable bonds is 48. The van der Waals surface area contributed by atoms with Crippen molar-refractivity contribution < 1.29 is 42.9 Å². The maximum absolute atomic E-state index is 12.8. The fourth-order valence-corrected chi connectivity index (χ4v) is 7.29. The first kappa shape index (κ1) is 61.2. The van der Waals surface area contributed by atoms with Crippen molar-refractivity contribution in [1.29, 1.82) is 0 Å². The Balaban J connectivity index is 4.27. The summed E-state index contributed by atoms with van der Waals surface area (Å²) in [6.45, 7) is 4.60. The topological polar surface area (TPSA) is 111 Å². The first-order chi connectivity index (χ1) is 31.1. The SMILES string of the molecule is CC/C=C\C/C=C\C/C=C\C/C=C\CCCCC(=O)OC(COC(=O)CCCCCCCCCCCCCCCCCCCCCCCCCC)COC(OCC[N+](C)(C)C)C(=O)[O-]. The Bertz CT molecular complexity index is 1190. The molecule has 0 N–H and O–H groups in total. The number of carboxylic acid groups (broad SMARTS) is 1.